The highest BCUT2D eigenvalue weighted by Gasteiger charge is 2.10. The summed E-state index contributed by atoms with van der Waals surface area (Å²) in [7, 11) is 0. The molecule has 1 aromatic carbocycles. The van der Waals surface area contributed by atoms with Crippen molar-refractivity contribution in [2.75, 3.05) is 13.2 Å². The molecule has 0 amide bonds. The lowest BCUT2D eigenvalue weighted by Gasteiger charge is -2.13. The number of unbranched alkanes of at least 4 members (excludes halogenated alkanes) is 10. The third-order valence-electron chi connectivity index (χ3n) is 5.38. The molecule has 0 aliphatic heterocycles. The molecule has 0 saturated heterocycles. The third-order valence-corrected chi connectivity index (χ3v) is 5.38. The number of hydrogen-bond donors (Lipinski definition) is 0. The van der Waals surface area contributed by atoms with Gasteiger partial charge in [-0.3, -0.25) is 0 Å². The van der Waals surface area contributed by atoms with Gasteiger partial charge in [-0.1, -0.05) is 78.1 Å². The minimum atomic E-state index is 0.412. The molecule has 0 radical (unpaired) electrons. The molecule has 0 aliphatic carbocycles. The van der Waals surface area contributed by atoms with E-state index in [1.54, 1.807) is 12.1 Å². The molecule has 166 valence electrons. The van der Waals surface area contributed by atoms with Gasteiger partial charge in [0.25, 0.3) is 0 Å². The van der Waals surface area contributed by atoms with Gasteiger partial charge in [-0.2, -0.15) is 10.5 Å². The summed E-state index contributed by atoms with van der Waals surface area (Å²) in [4.78, 5) is 0. The quantitative estimate of drug-likeness (QED) is 0.239. The Morgan fingerprint density at radius 2 is 0.967 bits per heavy atom. The minimum absolute atomic E-state index is 0.412. The molecule has 0 bridgehead atoms. The van der Waals surface area contributed by atoms with Gasteiger partial charge in [0.2, 0.25) is 0 Å². The van der Waals surface area contributed by atoms with Crippen molar-refractivity contribution in [2.24, 2.45) is 0 Å². The van der Waals surface area contributed by atoms with Crippen LogP contribution >= 0.6 is 0 Å². The Balaban J connectivity index is 2.47. The molecular weight excluding hydrogens is 372 g/mol. The van der Waals surface area contributed by atoms with E-state index >= 15 is 0 Å². The molecule has 0 aliphatic rings. The van der Waals surface area contributed by atoms with E-state index in [1.165, 1.54) is 64.2 Å². The van der Waals surface area contributed by atoms with Crippen molar-refractivity contribution in [3.63, 3.8) is 0 Å². The molecule has 0 spiro atoms. The summed E-state index contributed by atoms with van der Waals surface area (Å²) >= 11 is 0. The Hall–Kier alpha value is -1.88. The van der Waals surface area contributed by atoms with Crippen LogP contribution in [0, 0.1) is 22.7 Å². The summed E-state index contributed by atoms with van der Waals surface area (Å²) in [6, 6.07) is 7.84. The molecular formula is C26H40N2O2. The summed E-state index contributed by atoms with van der Waals surface area (Å²) in [6.45, 7) is 6.84. The molecule has 0 heterocycles. The van der Waals surface area contributed by atoms with Crippen molar-refractivity contribution in [1.29, 1.82) is 10.5 Å². The SMILES string of the molecule is CCCCCCCCOCc1cc(C#N)c(C#N)cc1COCCCCCCCC. The standard InChI is InChI=1S/C26H40N2O2/c1-3-5-7-9-11-13-15-29-21-25-17-23(19-27)24(20-28)18-26(25)22-30-16-14-12-10-8-6-4-2/h17-18H,3-16,21-22H2,1-2H3. The lowest BCUT2D eigenvalue weighted by molar-refractivity contribution is 0.103. The molecule has 4 heteroatoms. The smallest absolute Gasteiger partial charge is 0.101 e. The molecule has 30 heavy (non-hydrogen) atoms. The minimum Gasteiger partial charge on any atom is -0.377 e. The zero-order valence-corrected chi connectivity index (χ0v) is 19.2. The van der Waals surface area contributed by atoms with E-state index in [4.69, 9.17) is 9.47 Å². The molecule has 4 nitrogen and oxygen atoms in total. The second-order valence-electron chi connectivity index (χ2n) is 8.03. The molecule has 0 saturated carbocycles. The second kappa shape index (κ2) is 17.9. The first-order valence-electron chi connectivity index (χ1n) is 11.9. The van der Waals surface area contributed by atoms with Crippen LogP contribution in [-0.4, -0.2) is 13.2 Å². The predicted octanol–water partition coefficient (Wildman–Crippen LogP) is 7.18. The van der Waals surface area contributed by atoms with Gasteiger partial charge in [0.1, 0.15) is 12.1 Å². The van der Waals surface area contributed by atoms with E-state index in [1.807, 2.05) is 0 Å². The Morgan fingerprint density at radius 3 is 1.33 bits per heavy atom. The third kappa shape index (κ3) is 11.3. The van der Waals surface area contributed by atoms with Gasteiger partial charge in [-0.25, -0.2) is 0 Å². The van der Waals surface area contributed by atoms with Crippen LogP contribution in [0.3, 0.4) is 0 Å². The van der Waals surface area contributed by atoms with Crippen LogP contribution in [0.15, 0.2) is 12.1 Å². The molecule has 1 rings (SSSR count). The fourth-order valence-corrected chi connectivity index (χ4v) is 3.48. The van der Waals surface area contributed by atoms with Crippen LogP contribution in [0.2, 0.25) is 0 Å². The monoisotopic (exact) mass is 412 g/mol. The van der Waals surface area contributed by atoms with Crippen LogP contribution in [0.5, 0.6) is 0 Å². The zero-order valence-electron chi connectivity index (χ0n) is 19.2. The fraction of sp³-hybridized carbons (Fsp3) is 0.692. The highest BCUT2D eigenvalue weighted by atomic mass is 16.5. The zero-order chi connectivity index (χ0) is 21.9. The fourth-order valence-electron chi connectivity index (χ4n) is 3.48. The highest BCUT2D eigenvalue weighted by molar-refractivity contribution is 5.50. The lowest BCUT2D eigenvalue weighted by atomic mass is 10.00. The van der Waals surface area contributed by atoms with Gasteiger partial charge < -0.3 is 9.47 Å². The van der Waals surface area contributed by atoms with E-state index in [2.05, 4.69) is 26.0 Å². The van der Waals surface area contributed by atoms with E-state index < -0.39 is 0 Å². The van der Waals surface area contributed by atoms with Crippen molar-refractivity contribution >= 4 is 0 Å². The topological polar surface area (TPSA) is 66.0 Å². The average molecular weight is 413 g/mol. The number of nitriles is 2. The van der Waals surface area contributed by atoms with Crippen molar-refractivity contribution in [3.05, 3.63) is 34.4 Å². The van der Waals surface area contributed by atoms with Gasteiger partial charge in [0, 0.05) is 13.2 Å². The Labute approximate surface area is 184 Å². The Bertz CT molecular complexity index is 601. The number of hydrogen-bond acceptors (Lipinski definition) is 4. The van der Waals surface area contributed by atoms with Gasteiger partial charge in [0.05, 0.1) is 24.3 Å². The van der Waals surface area contributed by atoms with Gasteiger partial charge in [-0.05, 0) is 36.1 Å². The van der Waals surface area contributed by atoms with Crippen molar-refractivity contribution in [2.45, 2.75) is 104 Å². The number of benzene rings is 1. The van der Waals surface area contributed by atoms with Crippen LogP contribution in [0.4, 0.5) is 0 Å². The Kier molecular flexibility index (Phi) is 15.6. The number of rotatable bonds is 18. The summed E-state index contributed by atoms with van der Waals surface area (Å²) in [5.74, 6) is 0. The molecule has 0 atom stereocenters. The number of ether oxygens (including phenoxy) is 2. The lowest BCUT2D eigenvalue weighted by Crippen LogP contribution is -2.05. The second-order valence-corrected chi connectivity index (χ2v) is 8.03. The van der Waals surface area contributed by atoms with Crippen LogP contribution in [0.25, 0.3) is 0 Å². The van der Waals surface area contributed by atoms with E-state index in [0.717, 1.165) is 37.2 Å². The van der Waals surface area contributed by atoms with E-state index in [-0.39, 0.29) is 0 Å². The maximum absolute atomic E-state index is 9.34. The largest absolute Gasteiger partial charge is 0.377 e. The Morgan fingerprint density at radius 1 is 0.600 bits per heavy atom. The van der Waals surface area contributed by atoms with Crippen molar-refractivity contribution in [1.82, 2.24) is 0 Å². The summed E-state index contributed by atoms with van der Waals surface area (Å²) in [5.41, 5.74) is 2.74. The molecule has 0 fully saturated rings. The first-order chi connectivity index (χ1) is 14.8. The number of nitrogens with zero attached hydrogens (tertiary/aromatic N) is 2. The average Bonchev–Trinajstić information content (AvgIpc) is 2.77. The van der Waals surface area contributed by atoms with Gasteiger partial charge >= 0.3 is 0 Å². The normalized spacial score (nSPS) is 10.7. The van der Waals surface area contributed by atoms with Crippen molar-refractivity contribution < 1.29 is 9.47 Å². The van der Waals surface area contributed by atoms with Gasteiger partial charge in [0.15, 0.2) is 0 Å². The summed E-state index contributed by atoms with van der Waals surface area (Å²) in [5, 5.41) is 18.7. The summed E-state index contributed by atoms with van der Waals surface area (Å²) < 4.78 is 11.7. The maximum atomic E-state index is 9.34. The molecule has 0 N–H and O–H groups in total. The highest BCUT2D eigenvalue weighted by Crippen LogP contribution is 2.19. The molecule has 1 aromatic rings. The van der Waals surface area contributed by atoms with E-state index in [9.17, 15) is 10.5 Å². The van der Waals surface area contributed by atoms with E-state index in [0.29, 0.717) is 24.3 Å². The molecule has 0 aromatic heterocycles. The van der Waals surface area contributed by atoms with Crippen molar-refractivity contribution in [3.8, 4) is 12.1 Å². The maximum Gasteiger partial charge on any atom is 0.101 e. The van der Waals surface area contributed by atoms with Crippen LogP contribution in [-0.2, 0) is 22.7 Å². The first kappa shape index (κ1) is 26.2. The predicted molar refractivity (Wildman–Crippen MR) is 122 cm³/mol. The molecule has 0 unspecified atom stereocenters. The van der Waals surface area contributed by atoms with Crippen LogP contribution < -0.4 is 0 Å². The first-order valence-corrected chi connectivity index (χ1v) is 11.9. The van der Waals surface area contributed by atoms with Gasteiger partial charge in [-0.15, -0.1) is 0 Å². The van der Waals surface area contributed by atoms with Crippen LogP contribution in [0.1, 0.15) is 113 Å². The summed E-state index contributed by atoms with van der Waals surface area (Å²) in [6.07, 6.45) is 14.8.